The van der Waals surface area contributed by atoms with E-state index in [1.54, 1.807) is 30.6 Å². The number of benzene rings is 1. The Bertz CT molecular complexity index is 1070. The standard InChI is InChI=1S/C19H11FN4O3.Li/c1-2-11-9-17(13(19(26)27)10-14(11)20)22-18(25)16-4-3-15(23-24-16)12-5-7-21-8-6-12;/h1,3-10H,(H,22,25)(H,26,27);/q;+1/p-1. The molecule has 0 saturated heterocycles. The third-order valence-electron chi connectivity index (χ3n) is 3.60. The van der Waals surface area contributed by atoms with Crippen LogP contribution in [0.15, 0.2) is 48.8 Å². The number of nitrogens with one attached hydrogen (secondary N) is 1. The summed E-state index contributed by atoms with van der Waals surface area (Å²) in [5, 5.41) is 21.3. The topological polar surface area (TPSA) is 108 Å². The molecule has 0 fully saturated rings. The monoisotopic (exact) mass is 368 g/mol. The van der Waals surface area contributed by atoms with Crippen molar-refractivity contribution in [1.82, 2.24) is 15.2 Å². The smallest absolute Gasteiger partial charge is 0.545 e. The summed E-state index contributed by atoms with van der Waals surface area (Å²) >= 11 is 0. The summed E-state index contributed by atoms with van der Waals surface area (Å²) in [5.41, 5.74) is 0.287. The van der Waals surface area contributed by atoms with Gasteiger partial charge >= 0.3 is 18.9 Å². The third kappa shape index (κ3) is 4.41. The third-order valence-corrected chi connectivity index (χ3v) is 3.60. The van der Waals surface area contributed by atoms with Crippen LogP contribution < -0.4 is 29.3 Å². The molecule has 7 nitrogen and oxygen atoms in total. The maximum absolute atomic E-state index is 13.7. The van der Waals surface area contributed by atoms with Crippen molar-refractivity contribution in [2.24, 2.45) is 0 Å². The molecule has 0 bridgehead atoms. The van der Waals surface area contributed by atoms with Gasteiger partial charge in [0, 0.05) is 23.5 Å². The minimum Gasteiger partial charge on any atom is -0.545 e. The minimum absolute atomic E-state index is 0. The molecule has 0 aliphatic carbocycles. The van der Waals surface area contributed by atoms with Gasteiger partial charge < -0.3 is 15.2 Å². The summed E-state index contributed by atoms with van der Waals surface area (Å²) in [6.45, 7) is 0. The van der Waals surface area contributed by atoms with E-state index in [1.807, 2.05) is 0 Å². The molecule has 2 aromatic heterocycles. The van der Waals surface area contributed by atoms with E-state index in [-0.39, 0.29) is 35.8 Å². The Morgan fingerprint density at radius 3 is 2.39 bits per heavy atom. The van der Waals surface area contributed by atoms with E-state index >= 15 is 0 Å². The van der Waals surface area contributed by atoms with Crippen molar-refractivity contribution in [2.75, 3.05) is 5.32 Å². The molecule has 1 N–H and O–H groups in total. The first-order valence-electron chi connectivity index (χ1n) is 7.56. The number of rotatable bonds is 4. The van der Waals surface area contributed by atoms with Crippen molar-refractivity contribution in [2.45, 2.75) is 0 Å². The van der Waals surface area contributed by atoms with Crippen molar-refractivity contribution < 1.29 is 37.9 Å². The SMILES string of the molecule is C#Cc1cc(NC(=O)c2ccc(-c3ccncc3)nn2)c(C(=O)[O-])cc1F.[Li+]. The summed E-state index contributed by atoms with van der Waals surface area (Å²) in [5.74, 6) is -1.23. The van der Waals surface area contributed by atoms with Gasteiger partial charge in [0.05, 0.1) is 22.9 Å². The van der Waals surface area contributed by atoms with Gasteiger partial charge in [-0.2, -0.15) is 0 Å². The molecule has 0 aliphatic rings. The second kappa shape index (κ2) is 8.91. The van der Waals surface area contributed by atoms with Crippen molar-refractivity contribution in [3.05, 3.63) is 71.4 Å². The second-order valence-electron chi connectivity index (χ2n) is 5.30. The average Bonchev–Trinajstić information content (AvgIpc) is 2.69. The Kier molecular flexibility index (Phi) is 6.62. The van der Waals surface area contributed by atoms with Crippen LogP contribution in [-0.2, 0) is 0 Å². The number of aromatic nitrogens is 3. The zero-order chi connectivity index (χ0) is 19.4. The van der Waals surface area contributed by atoms with Crippen LogP contribution in [0.3, 0.4) is 0 Å². The Morgan fingerprint density at radius 2 is 1.82 bits per heavy atom. The molecule has 3 aromatic rings. The molecule has 0 atom stereocenters. The molecule has 28 heavy (non-hydrogen) atoms. The van der Waals surface area contributed by atoms with Crippen LogP contribution in [0.5, 0.6) is 0 Å². The van der Waals surface area contributed by atoms with Gasteiger partial charge in [0.2, 0.25) is 0 Å². The van der Waals surface area contributed by atoms with E-state index < -0.39 is 23.3 Å². The van der Waals surface area contributed by atoms with Crippen LogP contribution in [0.1, 0.15) is 26.4 Å². The predicted molar refractivity (Wildman–Crippen MR) is 91.9 cm³/mol. The van der Waals surface area contributed by atoms with Gasteiger partial charge in [-0.25, -0.2) is 4.39 Å². The van der Waals surface area contributed by atoms with E-state index in [0.717, 1.165) is 11.6 Å². The summed E-state index contributed by atoms with van der Waals surface area (Å²) in [4.78, 5) is 27.4. The fourth-order valence-corrected chi connectivity index (χ4v) is 2.27. The largest absolute Gasteiger partial charge is 1.00 e. The molecule has 2 heterocycles. The molecular formula is C19H10FLiN4O3. The van der Waals surface area contributed by atoms with E-state index in [1.165, 1.54) is 6.07 Å². The maximum Gasteiger partial charge on any atom is 1.00 e. The maximum atomic E-state index is 13.7. The zero-order valence-corrected chi connectivity index (χ0v) is 14.6. The van der Waals surface area contributed by atoms with Crippen molar-refractivity contribution >= 4 is 17.6 Å². The quantitative estimate of drug-likeness (QED) is 0.434. The fourth-order valence-electron chi connectivity index (χ4n) is 2.27. The van der Waals surface area contributed by atoms with Crippen molar-refractivity contribution in [3.63, 3.8) is 0 Å². The Hall–Kier alpha value is -3.52. The number of aromatic carboxylic acids is 1. The van der Waals surface area contributed by atoms with Gasteiger partial charge in [0.1, 0.15) is 5.82 Å². The molecule has 3 rings (SSSR count). The Morgan fingerprint density at radius 1 is 1.11 bits per heavy atom. The summed E-state index contributed by atoms with van der Waals surface area (Å²) in [6, 6.07) is 8.19. The molecule has 9 heteroatoms. The number of amides is 1. The van der Waals surface area contributed by atoms with E-state index in [0.29, 0.717) is 11.8 Å². The molecule has 1 aromatic carbocycles. The summed E-state index contributed by atoms with van der Waals surface area (Å²) in [7, 11) is 0. The second-order valence-corrected chi connectivity index (χ2v) is 5.30. The number of hydrogen-bond acceptors (Lipinski definition) is 6. The van der Waals surface area contributed by atoms with Crippen LogP contribution in [0.2, 0.25) is 0 Å². The van der Waals surface area contributed by atoms with Gasteiger partial charge in [0.25, 0.3) is 5.91 Å². The first-order chi connectivity index (χ1) is 13.0. The number of halogens is 1. The normalized spacial score (nSPS) is 9.71. The molecule has 0 radical (unpaired) electrons. The van der Waals surface area contributed by atoms with E-state index in [4.69, 9.17) is 6.42 Å². The fraction of sp³-hybridized carbons (Fsp3) is 0. The van der Waals surface area contributed by atoms with Gasteiger partial charge in [-0.1, -0.05) is 5.92 Å². The number of pyridine rings is 1. The van der Waals surface area contributed by atoms with Gasteiger partial charge in [-0.05, 0) is 36.4 Å². The zero-order valence-electron chi connectivity index (χ0n) is 14.6. The van der Waals surface area contributed by atoms with Crippen LogP contribution in [0.25, 0.3) is 11.3 Å². The van der Waals surface area contributed by atoms with Crippen molar-refractivity contribution in [1.29, 1.82) is 0 Å². The molecule has 1 amide bonds. The summed E-state index contributed by atoms with van der Waals surface area (Å²) in [6.07, 6.45) is 8.35. The number of carbonyl (C=O) groups excluding carboxylic acids is 2. The summed E-state index contributed by atoms with van der Waals surface area (Å²) < 4.78 is 13.7. The van der Waals surface area contributed by atoms with Crippen molar-refractivity contribution in [3.8, 4) is 23.6 Å². The molecule has 0 unspecified atom stereocenters. The predicted octanol–water partition coefficient (Wildman–Crippen LogP) is -1.72. The first kappa shape index (κ1) is 20.8. The number of carboxylic acid groups (broad SMARTS) is 1. The number of carboxylic acids is 1. The molecule has 0 aliphatic heterocycles. The molecule has 0 saturated carbocycles. The van der Waals surface area contributed by atoms with Crippen LogP contribution in [-0.4, -0.2) is 27.1 Å². The molecule has 0 spiro atoms. The average molecular weight is 368 g/mol. The van der Waals surface area contributed by atoms with Crippen LogP contribution in [0.4, 0.5) is 10.1 Å². The molecular weight excluding hydrogens is 358 g/mol. The number of hydrogen-bond donors (Lipinski definition) is 1. The Balaban J connectivity index is 0.00000280. The van der Waals surface area contributed by atoms with Gasteiger partial charge in [-0.3, -0.25) is 9.78 Å². The van der Waals surface area contributed by atoms with E-state index in [9.17, 15) is 19.1 Å². The number of anilines is 1. The number of nitrogens with zero attached hydrogens (tertiary/aromatic N) is 3. The Labute approximate surface area is 171 Å². The van der Waals surface area contributed by atoms with Crippen LogP contribution >= 0.6 is 0 Å². The van der Waals surface area contributed by atoms with Gasteiger partial charge in [0.15, 0.2) is 5.69 Å². The first-order valence-corrected chi connectivity index (χ1v) is 7.56. The number of carbonyl (C=O) groups is 2. The van der Waals surface area contributed by atoms with E-state index in [2.05, 4.69) is 26.4 Å². The molecule has 132 valence electrons. The van der Waals surface area contributed by atoms with Crippen LogP contribution in [0, 0.1) is 18.2 Å². The number of terminal acetylenes is 1. The van der Waals surface area contributed by atoms with Gasteiger partial charge in [-0.15, -0.1) is 16.6 Å². The minimum atomic E-state index is -1.66.